The smallest absolute Gasteiger partial charge is 0.330 e. The van der Waals surface area contributed by atoms with Gasteiger partial charge in [0, 0.05) is 12.0 Å². The Morgan fingerprint density at radius 3 is 2.42 bits per heavy atom. The average molecular weight is 264 g/mol. The van der Waals surface area contributed by atoms with E-state index in [2.05, 4.69) is 6.58 Å². The van der Waals surface area contributed by atoms with Crippen LogP contribution in [0.15, 0.2) is 36.4 Å². The number of carbonyl (C=O) groups is 2. The maximum atomic E-state index is 11.6. The number of hydrogen-bond acceptors (Lipinski definition) is 4. The quantitative estimate of drug-likeness (QED) is 0.465. The average Bonchev–Trinajstić information content (AvgIpc) is 2.39. The maximum absolute atomic E-state index is 11.6. The summed E-state index contributed by atoms with van der Waals surface area (Å²) in [4.78, 5) is 22.1. The maximum Gasteiger partial charge on any atom is 0.330 e. The molecule has 1 aromatic carbocycles. The van der Waals surface area contributed by atoms with Gasteiger partial charge in [0.05, 0.1) is 7.11 Å². The second-order valence-electron chi connectivity index (χ2n) is 3.89. The molecule has 1 N–H and O–H groups in total. The van der Waals surface area contributed by atoms with Crippen LogP contribution < -0.4 is 9.47 Å². The number of para-hydroxylation sites is 2. The number of esters is 1. The molecular formula is C14H16O5. The second kappa shape index (κ2) is 7.20. The fourth-order valence-electron chi connectivity index (χ4n) is 1.43. The van der Waals surface area contributed by atoms with E-state index in [0.717, 1.165) is 0 Å². The van der Waals surface area contributed by atoms with E-state index in [-0.39, 0.29) is 18.4 Å². The predicted molar refractivity (Wildman–Crippen MR) is 69.3 cm³/mol. The first-order chi connectivity index (χ1) is 9.04. The first-order valence-electron chi connectivity index (χ1n) is 5.79. The third-order valence-corrected chi connectivity index (χ3v) is 2.45. The lowest BCUT2D eigenvalue weighted by Crippen LogP contribution is -2.09. The number of hydrogen-bond donors (Lipinski definition) is 1. The normalized spacial score (nSPS) is 9.74. The van der Waals surface area contributed by atoms with Crippen molar-refractivity contribution in [3.63, 3.8) is 0 Å². The minimum absolute atomic E-state index is 0.0880. The van der Waals surface area contributed by atoms with Crippen LogP contribution in [-0.2, 0) is 9.59 Å². The van der Waals surface area contributed by atoms with E-state index in [1.165, 1.54) is 7.11 Å². The molecule has 0 amide bonds. The van der Waals surface area contributed by atoms with Gasteiger partial charge in [0.15, 0.2) is 11.5 Å². The van der Waals surface area contributed by atoms with Crippen LogP contribution in [0.4, 0.5) is 0 Å². The van der Waals surface area contributed by atoms with Crippen LogP contribution in [0.2, 0.25) is 0 Å². The summed E-state index contributed by atoms with van der Waals surface area (Å²) in [6.07, 6.45) is 0.778. The third-order valence-electron chi connectivity index (χ3n) is 2.45. The molecule has 0 heterocycles. The van der Waals surface area contributed by atoms with Crippen LogP contribution in [0.25, 0.3) is 0 Å². The van der Waals surface area contributed by atoms with Crippen LogP contribution in [0, 0.1) is 0 Å². The number of rotatable bonds is 7. The summed E-state index contributed by atoms with van der Waals surface area (Å²) in [5.74, 6) is -0.640. The van der Waals surface area contributed by atoms with E-state index in [0.29, 0.717) is 17.9 Å². The van der Waals surface area contributed by atoms with Crippen molar-refractivity contribution in [3.05, 3.63) is 36.4 Å². The fraction of sp³-hybridized carbons (Fsp3) is 0.286. The lowest BCUT2D eigenvalue weighted by atomic mass is 10.1. The van der Waals surface area contributed by atoms with Crippen LogP contribution in [0.3, 0.4) is 0 Å². The van der Waals surface area contributed by atoms with E-state index in [1.807, 2.05) is 0 Å². The molecule has 19 heavy (non-hydrogen) atoms. The topological polar surface area (TPSA) is 72.8 Å². The summed E-state index contributed by atoms with van der Waals surface area (Å²) in [7, 11) is 1.49. The summed E-state index contributed by atoms with van der Waals surface area (Å²) >= 11 is 0. The molecule has 102 valence electrons. The van der Waals surface area contributed by atoms with Crippen LogP contribution >= 0.6 is 0 Å². The van der Waals surface area contributed by atoms with Gasteiger partial charge >= 0.3 is 11.9 Å². The first kappa shape index (κ1) is 14.8. The zero-order chi connectivity index (χ0) is 14.3. The van der Waals surface area contributed by atoms with Gasteiger partial charge in [-0.2, -0.15) is 0 Å². The molecule has 0 aliphatic rings. The number of methoxy groups -OCH3 is 1. The number of aliphatic carboxylic acids is 1. The predicted octanol–water partition coefficient (Wildman–Crippen LogP) is 2.41. The van der Waals surface area contributed by atoms with Gasteiger partial charge in [-0.15, -0.1) is 0 Å². The summed E-state index contributed by atoms with van der Waals surface area (Å²) in [6.45, 7) is 3.39. The highest BCUT2D eigenvalue weighted by atomic mass is 16.6. The third kappa shape index (κ3) is 4.83. The van der Waals surface area contributed by atoms with Gasteiger partial charge in [0.2, 0.25) is 0 Å². The Morgan fingerprint density at radius 2 is 1.84 bits per heavy atom. The molecule has 0 aliphatic heterocycles. The van der Waals surface area contributed by atoms with Crippen molar-refractivity contribution in [3.8, 4) is 11.5 Å². The standard InChI is InChI=1S/C14H16O5/c1-10(14(16)17)6-5-9-13(15)19-12-8-4-3-7-11(12)18-2/h3-4,7-8H,1,5-6,9H2,2H3,(H,16,17). The highest BCUT2D eigenvalue weighted by Gasteiger charge is 2.10. The highest BCUT2D eigenvalue weighted by molar-refractivity contribution is 5.85. The molecule has 0 bridgehead atoms. The van der Waals surface area contributed by atoms with Gasteiger partial charge in [-0.05, 0) is 25.0 Å². The van der Waals surface area contributed by atoms with E-state index < -0.39 is 11.9 Å². The molecule has 1 rings (SSSR count). The van der Waals surface area contributed by atoms with Gasteiger partial charge in [-0.1, -0.05) is 18.7 Å². The monoisotopic (exact) mass is 264 g/mol. The molecular weight excluding hydrogens is 248 g/mol. The minimum Gasteiger partial charge on any atom is -0.493 e. The molecule has 0 fully saturated rings. The zero-order valence-electron chi connectivity index (χ0n) is 10.7. The lowest BCUT2D eigenvalue weighted by Gasteiger charge is -2.08. The van der Waals surface area contributed by atoms with Crippen molar-refractivity contribution >= 4 is 11.9 Å². The SMILES string of the molecule is C=C(CCCC(=O)Oc1ccccc1OC)C(=O)O. The Balaban J connectivity index is 2.43. The van der Waals surface area contributed by atoms with E-state index in [1.54, 1.807) is 24.3 Å². The Labute approximate surface area is 111 Å². The van der Waals surface area contributed by atoms with Gasteiger partial charge in [0.1, 0.15) is 0 Å². The van der Waals surface area contributed by atoms with Gasteiger partial charge in [-0.25, -0.2) is 4.79 Å². The Hall–Kier alpha value is -2.30. The molecule has 0 unspecified atom stereocenters. The van der Waals surface area contributed by atoms with E-state index >= 15 is 0 Å². The molecule has 1 aromatic rings. The number of benzene rings is 1. The summed E-state index contributed by atoms with van der Waals surface area (Å²) in [5, 5.41) is 8.62. The Morgan fingerprint density at radius 1 is 1.21 bits per heavy atom. The van der Waals surface area contributed by atoms with Gasteiger partial charge in [-0.3, -0.25) is 4.79 Å². The van der Waals surface area contributed by atoms with E-state index in [4.69, 9.17) is 14.6 Å². The van der Waals surface area contributed by atoms with Crippen molar-refractivity contribution in [1.29, 1.82) is 0 Å². The molecule has 0 aliphatic carbocycles. The molecule has 0 atom stereocenters. The Kier molecular flexibility index (Phi) is 5.60. The highest BCUT2D eigenvalue weighted by Crippen LogP contribution is 2.26. The molecule has 0 spiro atoms. The van der Waals surface area contributed by atoms with Crippen molar-refractivity contribution in [2.75, 3.05) is 7.11 Å². The first-order valence-corrected chi connectivity index (χ1v) is 5.79. The van der Waals surface area contributed by atoms with Crippen molar-refractivity contribution in [2.24, 2.45) is 0 Å². The van der Waals surface area contributed by atoms with Gasteiger partial charge < -0.3 is 14.6 Å². The molecule has 0 saturated heterocycles. The van der Waals surface area contributed by atoms with Crippen LogP contribution in [0.5, 0.6) is 11.5 Å². The van der Waals surface area contributed by atoms with E-state index in [9.17, 15) is 9.59 Å². The number of carbonyl (C=O) groups excluding carboxylic acids is 1. The number of ether oxygens (including phenoxy) is 2. The number of carboxylic acid groups (broad SMARTS) is 1. The van der Waals surface area contributed by atoms with Crippen molar-refractivity contribution < 1.29 is 24.2 Å². The number of carboxylic acids is 1. The molecule has 5 heteroatoms. The molecule has 0 saturated carbocycles. The van der Waals surface area contributed by atoms with Gasteiger partial charge in [0.25, 0.3) is 0 Å². The summed E-state index contributed by atoms with van der Waals surface area (Å²) in [5.41, 5.74) is 0.0880. The van der Waals surface area contributed by atoms with Crippen LogP contribution in [0.1, 0.15) is 19.3 Å². The van der Waals surface area contributed by atoms with Crippen molar-refractivity contribution in [2.45, 2.75) is 19.3 Å². The Bertz CT molecular complexity index is 478. The summed E-state index contributed by atoms with van der Waals surface area (Å²) < 4.78 is 10.2. The van der Waals surface area contributed by atoms with Crippen molar-refractivity contribution in [1.82, 2.24) is 0 Å². The fourth-order valence-corrected chi connectivity index (χ4v) is 1.43. The summed E-state index contributed by atoms with van der Waals surface area (Å²) in [6, 6.07) is 6.83. The zero-order valence-corrected chi connectivity index (χ0v) is 10.7. The minimum atomic E-state index is -1.04. The largest absolute Gasteiger partial charge is 0.493 e. The van der Waals surface area contributed by atoms with Crippen LogP contribution in [-0.4, -0.2) is 24.2 Å². The molecule has 5 nitrogen and oxygen atoms in total. The molecule has 0 aromatic heterocycles. The second-order valence-corrected chi connectivity index (χ2v) is 3.89. The molecule has 0 radical (unpaired) electrons. The lowest BCUT2D eigenvalue weighted by molar-refractivity contribution is -0.135.